The number of carbonyl (C=O) groups excluding carboxylic acids is 1. The Bertz CT molecular complexity index is 1800. The number of rotatable bonds is 4. The van der Waals surface area contributed by atoms with Crippen LogP contribution in [0.4, 0.5) is 0 Å². The van der Waals surface area contributed by atoms with Crippen LogP contribution in [0.1, 0.15) is 20.9 Å². The first kappa shape index (κ1) is 21.4. The van der Waals surface area contributed by atoms with Crippen LogP contribution in [0, 0.1) is 13.8 Å². The number of pyridine rings is 1. The van der Waals surface area contributed by atoms with Gasteiger partial charge in [-0.05, 0) is 37.6 Å². The zero-order valence-corrected chi connectivity index (χ0v) is 20.2. The van der Waals surface area contributed by atoms with E-state index >= 15 is 0 Å². The van der Waals surface area contributed by atoms with Crippen molar-refractivity contribution in [2.45, 2.75) is 13.8 Å². The second-order valence-corrected chi connectivity index (χ2v) is 10.1. The molecule has 1 amide bonds. The van der Waals surface area contributed by atoms with E-state index in [0.717, 1.165) is 25.6 Å². The molecule has 0 spiro atoms. The molecule has 0 aliphatic carbocycles. The normalized spacial score (nSPS) is 11.4. The number of carbonyl (C=O) groups is 1. The number of aryl methyl sites for hydroxylation is 2. The third-order valence-electron chi connectivity index (χ3n) is 5.66. The minimum Gasteiger partial charge on any atom is -0.335 e. The molecule has 172 valence electrons. The van der Waals surface area contributed by atoms with Crippen molar-refractivity contribution in [2.24, 2.45) is 0 Å². The number of fused-ring (bicyclic) bond motifs is 2. The van der Waals surface area contributed by atoms with Crippen molar-refractivity contribution in [1.29, 1.82) is 0 Å². The van der Waals surface area contributed by atoms with Gasteiger partial charge in [-0.3, -0.25) is 15.0 Å². The van der Waals surface area contributed by atoms with E-state index in [1.165, 1.54) is 17.7 Å². The predicted molar refractivity (Wildman–Crippen MR) is 138 cm³/mol. The number of amides is 1. The zero-order chi connectivity index (χ0) is 24.1. The SMILES string of the molecule is Cc1ccc(-c2cc(C(=O)Nn3cnc4scc(-c5ccccc5)c4c3=O)c3c(C)noc3n2)s1. The summed E-state index contributed by atoms with van der Waals surface area (Å²) in [6, 6.07) is 15.3. The first-order valence-electron chi connectivity index (χ1n) is 10.7. The summed E-state index contributed by atoms with van der Waals surface area (Å²) in [5, 5.41) is 6.85. The van der Waals surface area contributed by atoms with E-state index in [-0.39, 0.29) is 11.3 Å². The van der Waals surface area contributed by atoms with Gasteiger partial charge in [0.05, 0.1) is 32.6 Å². The van der Waals surface area contributed by atoms with Gasteiger partial charge in [-0.15, -0.1) is 22.7 Å². The van der Waals surface area contributed by atoms with Gasteiger partial charge in [0.25, 0.3) is 17.2 Å². The van der Waals surface area contributed by atoms with E-state index < -0.39 is 5.91 Å². The second-order valence-electron chi connectivity index (χ2n) is 7.97. The van der Waals surface area contributed by atoms with Crippen molar-refractivity contribution in [3.63, 3.8) is 0 Å². The lowest BCUT2D eigenvalue weighted by atomic mass is 10.1. The maximum Gasteiger partial charge on any atom is 0.281 e. The number of nitrogens with one attached hydrogen (secondary N) is 1. The van der Waals surface area contributed by atoms with Crippen LogP contribution >= 0.6 is 22.7 Å². The minimum absolute atomic E-state index is 0.265. The molecule has 6 rings (SSSR count). The molecule has 0 radical (unpaired) electrons. The predicted octanol–water partition coefficient (Wildman–Crippen LogP) is 5.39. The summed E-state index contributed by atoms with van der Waals surface area (Å²) in [6.45, 7) is 3.75. The molecule has 0 aliphatic rings. The van der Waals surface area contributed by atoms with Crippen molar-refractivity contribution in [1.82, 2.24) is 19.8 Å². The first-order chi connectivity index (χ1) is 17.0. The van der Waals surface area contributed by atoms with Crippen molar-refractivity contribution in [3.8, 4) is 21.7 Å². The summed E-state index contributed by atoms with van der Waals surface area (Å²) in [5.74, 6) is -0.488. The van der Waals surface area contributed by atoms with Crippen LogP contribution in [0.25, 0.3) is 43.0 Å². The van der Waals surface area contributed by atoms with Gasteiger partial charge in [-0.25, -0.2) is 14.6 Å². The standard InChI is InChI=1S/C25H17N5O3S2/c1-13-8-9-19(35-13)18-10-16(20-14(2)29-33-23(20)27-18)22(31)28-30-12-26-24-21(25(30)32)17(11-34-24)15-6-4-3-5-7-15/h3-12H,1-2H3,(H,28,31). The van der Waals surface area contributed by atoms with Gasteiger partial charge in [-0.1, -0.05) is 35.5 Å². The molecule has 0 saturated carbocycles. The fourth-order valence-corrected chi connectivity index (χ4v) is 5.72. The Morgan fingerprint density at radius 2 is 1.91 bits per heavy atom. The van der Waals surface area contributed by atoms with Gasteiger partial charge < -0.3 is 4.52 Å². The Labute approximate surface area is 206 Å². The molecule has 5 heterocycles. The summed E-state index contributed by atoms with van der Waals surface area (Å²) in [7, 11) is 0. The lowest BCUT2D eigenvalue weighted by Gasteiger charge is -2.10. The van der Waals surface area contributed by atoms with Crippen molar-refractivity contribution < 1.29 is 9.32 Å². The molecule has 5 aromatic heterocycles. The molecule has 0 saturated heterocycles. The van der Waals surface area contributed by atoms with Gasteiger partial charge in [0, 0.05) is 15.8 Å². The Hall–Kier alpha value is -4.15. The maximum atomic E-state index is 13.5. The summed E-state index contributed by atoms with van der Waals surface area (Å²) >= 11 is 2.95. The zero-order valence-electron chi connectivity index (χ0n) is 18.6. The fraction of sp³-hybridized carbons (Fsp3) is 0.0800. The highest BCUT2D eigenvalue weighted by Crippen LogP contribution is 2.32. The van der Waals surface area contributed by atoms with E-state index in [2.05, 4.69) is 20.6 Å². The lowest BCUT2D eigenvalue weighted by Crippen LogP contribution is -2.33. The van der Waals surface area contributed by atoms with Gasteiger partial charge in [0.15, 0.2) is 0 Å². The highest BCUT2D eigenvalue weighted by atomic mass is 32.1. The van der Waals surface area contributed by atoms with Crippen molar-refractivity contribution in [2.75, 3.05) is 5.43 Å². The van der Waals surface area contributed by atoms with E-state index in [9.17, 15) is 9.59 Å². The van der Waals surface area contributed by atoms with Crippen molar-refractivity contribution >= 4 is 49.9 Å². The number of thiophene rings is 2. The van der Waals surface area contributed by atoms with E-state index in [4.69, 9.17) is 4.52 Å². The average molecular weight is 500 g/mol. The minimum atomic E-state index is -0.488. The Kier molecular flexibility index (Phi) is 5.05. The smallest absolute Gasteiger partial charge is 0.281 e. The molecule has 0 aliphatic heterocycles. The summed E-state index contributed by atoms with van der Waals surface area (Å²) in [4.78, 5) is 38.4. The van der Waals surface area contributed by atoms with Crippen LogP contribution in [0.2, 0.25) is 0 Å². The second kappa shape index (κ2) is 8.26. The number of hydrogen-bond acceptors (Lipinski definition) is 8. The summed E-state index contributed by atoms with van der Waals surface area (Å²) < 4.78 is 6.50. The molecular formula is C25H17N5O3S2. The van der Waals surface area contributed by atoms with Crippen LogP contribution in [0.15, 0.2) is 69.6 Å². The van der Waals surface area contributed by atoms with Crippen molar-refractivity contribution in [3.05, 3.63) is 86.7 Å². The highest BCUT2D eigenvalue weighted by Gasteiger charge is 2.21. The molecule has 1 N–H and O–H groups in total. The molecule has 35 heavy (non-hydrogen) atoms. The molecular weight excluding hydrogens is 482 g/mol. The largest absolute Gasteiger partial charge is 0.335 e. The third-order valence-corrected chi connectivity index (χ3v) is 7.57. The number of aromatic nitrogens is 4. The number of hydrogen-bond donors (Lipinski definition) is 1. The monoisotopic (exact) mass is 499 g/mol. The number of nitrogens with zero attached hydrogens (tertiary/aromatic N) is 4. The molecule has 10 heteroatoms. The Morgan fingerprint density at radius 1 is 1.09 bits per heavy atom. The lowest BCUT2D eigenvalue weighted by molar-refractivity contribution is 0.101. The molecule has 1 aromatic carbocycles. The van der Waals surface area contributed by atoms with Crippen LogP contribution in [-0.2, 0) is 0 Å². The fourth-order valence-electron chi connectivity index (χ4n) is 3.98. The van der Waals surface area contributed by atoms with Crippen LogP contribution < -0.4 is 11.0 Å². The van der Waals surface area contributed by atoms with Gasteiger partial charge >= 0.3 is 0 Å². The Balaban J connectivity index is 1.45. The molecule has 6 aromatic rings. The van der Waals surface area contributed by atoms with E-state index in [0.29, 0.717) is 32.6 Å². The van der Waals surface area contributed by atoms with Gasteiger partial charge in [-0.2, -0.15) is 0 Å². The van der Waals surface area contributed by atoms with Crippen LogP contribution in [0.3, 0.4) is 0 Å². The molecule has 0 bridgehead atoms. The van der Waals surface area contributed by atoms with E-state index in [1.54, 1.807) is 24.3 Å². The maximum absolute atomic E-state index is 13.5. The topological polar surface area (TPSA) is 103 Å². The third kappa shape index (κ3) is 3.63. The summed E-state index contributed by atoms with van der Waals surface area (Å²) in [6.07, 6.45) is 1.33. The molecule has 0 fully saturated rings. The van der Waals surface area contributed by atoms with Crippen LogP contribution in [0.5, 0.6) is 0 Å². The average Bonchev–Trinajstić information content (AvgIpc) is 3.60. The number of benzene rings is 1. The highest BCUT2D eigenvalue weighted by molar-refractivity contribution is 7.17. The van der Waals surface area contributed by atoms with E-state index in [1.807, 2.05) is 54.8 Å². The molecule has 0 unspecified atom stereocenters. The van der Waals surface area contributed by atoms with Gasteiger partial charge in [0.1, 0.15) is 11.2 Å². The summed E-state index contributed by atoms with van der Waals surface area (Å²) in [5.41, 5.74) is 5.75. The first-order valence-corrected chi connectivity index (χ1v) is 12.4. The molecule has 0 atom stereocenters. The molecule has 8 nitrogen and oxygen atoms in total. The van der Waals surface area contributed by atoms with Crippen LogP contribution in [-0.4, -0.2) is 25.7 Å². The van der Waals surface area contributed by atoms with Gasteiger partial charge in [0.2, 0.25) is 0 Å². The Morgan fingerprint density at radius 3 is 2.69 bits per heavy atom. The quantitative estimate of drug-likeness (QED) is 0.349.